The van der Waals surface area contributed by atoms with E-state index in [4.69, 9.17) is 4.74 Å². The topological polar surface area (TPSA) is 99.2 Å². The number of ether oxygens (including phenoxy) is 1. The largest absolute Gasteiger partial charge is 0.486 e. The van der Waals surface area contributed by atoms with Crippen LogP contribution in [0, 0.1) is 11.7 Å². The van der Waals surface area contributed by atoms with Crippen molar-refractivity contribution in [3.8, 4) is 5.75 Å². The van der Waals surface area contributed by atoms with Gasteiger partial charge in [-0.2, -0.15) is 0 Å². The minimum atomic E-state index is -4.10. The number of aliphatic hydroxyl groups excluding tert-OH is 1. The molecule has 8 nitrogen and oxygen atoms in total. The number of aliphatic hydroxyl groups is 1. The molecule has 1 amide bonds. The number of amides is 1. The van der Waals surface area contributed by atoms with E-state index in [1.807, 2.05) is 44.3 Å². The summed E-state index contributed by atoms with van der Waals surface area (Å²) in [6, 6.07) is 18.7. The Morgan fingerprint density at radius 2 is 1.79 bits per heavy atom. The Balaban J connectivity index is 1.71. The second kappa shape index (κ2) is 12.1. The Bertz CT molecular complexity index is 1390. The molecule has 3 aromatic carbocycles. The molecule has 0 fully saturated rings. The summed E-state index contributed by atoms with van der Waals surface area (Å²) < 4.78 is 48.7. The number of benzene rings is 3. The molecule has 1 aliphatic heterocycles. The predicted octanol–water partition coefficient (Wildman–Crippen LogP) is 3.98. The molecule has 0 aromatic heterocycles. The van der Waals surface area contributed by atoms with Crippen LogP contribution in [0.15, 0.2) is 77.7 Å². The van der Waals surface area contributed by atoms with Gasteiger partial charge in [-0.1, -0.05) is 43.3 Å². The van der Waals surface area contributed by atoms with Gasteiger partial charge in [0.05, 0.1) is 28.8 Å². The van der Waals surface area contributed by atoms with E-state index in [0.717, 1.165) is 17.7 Å². The number of sulfonamides is 1. The zero-order valence-corrected chi connectivity index (χ0v) is 23.1. The van der Waals surface area contributed by atoms with Crippen LogP contribution in [-0.2, 0) is 16.6 Å². The summed E-state index contributed by atoms with van der Waals surface area (Å²) in [7, 11) is -2.13. The maximum atomic E-state index is 13.6. The Hall–Kier alpha value is -3.47. The van der Waals surface area contributed by atoms with Crippen LogP contribution >= 0.6 is 0 Å². The fourth-order valence-corrected chi connectivity index (χ4v) is 5.69. The van der Waals surface area contributed by atoms with Crippen molar-refractivity contribution in [1.29, 1.82) is 0 Å². The van der Waals surface area contributed by atoms with Crippen molar-refractivity contribution < 1.29 is 27.4 Å². The van der Waals surface area contributed by atoms with E-state index >= 15 is 0 Å². The van der Waals surface area contributed by atoms with Crippen LogP contribution < -0.4 is 9.46 Å². The Morgan fingerprint density at radius 1 is 1.10 bits per heavy atom. The van der Waals surface area contributed by atoms with E-state index in [0.29, 0.717) is 19.6 Å². The summed E-state index contributed by atoms with van der Waals surface area (Å²) in [6.07, 6.45) is -0.407. The molecular weight excluding hydrogens is 521 g/mol. The highest BCUT2D eigenvalue weighted by molar-refractivity contribution is 7.92. The molecule has 0 saturated carbocycles. The number of nitrogens with zero attached hydrogens (tertiary/aromatic N) is 2. The molecule has 3 atom stereocenters. The summed E-state index contributed by atoms with van der Waals surface area (Å²) in [5.74, 6) is -0.941. The van der Waals surface area contributed by atoms with Crippen molar-refractivity contribution in [1.82, 2.24) is 9.80 Å². The average Bonchev–Trinajstić information content (AvgIpc) is 2.91. The van der Waals surface area contributed by atoms with Gasteiger partial charge in [0.1, 0.15) is 11.9 Å². The molecule has 0 aliphatic carbocycles. The van der Waals surface area contributed by atoms with Crippen LogP contribution in [0.1, 0.15) is 29.8 Å². The van der Waals surface area contributed by atoms with E-state index < -0.39 is 28.0 Å². The lowest BCUT2D eigenvalue weighted by molar-refractivity contribution is 0.0344. The van der Waals surface area contributed by atoms with Gasteiger partial charge in [0.15, 0.2) is 5.75 Å². The van der Waals surface area contributed by atoms with Gasteiger partial charge in [-0.05, 0) is 55.9 Å². The van der Waals surface area contributed by atoms with Gasteiger partial charge in [0, 0.05) is 25.6 Å². The fraction of sp³-hybridized carbons (Fsp3) is 0.345. The zero-order chi connectivity index (χ0) is 28.2. The summed E-state index contributed by atoms with van der Waals surface area (Å²) in [5.41, 5.74) is 1.43. The first-order chi connectivity index (χ1) is 18.6. The van der Waals surface area contributed by atoms with E-state index in [1.54, 1.807) is 24.0 Å². The number of para-hydroxylation sites is 1. The molecule has 39 heavy (non-hydrogen) atoms. The lowest BCUT2D eigenvalue weighted by atomic mass is 9.99. The molecule has 208 valence electrons. The van der Waals surface area contributed by atoms with Crippen molar-refractivity contribution in [2.24, 2.45) is 5.92 Å². The number of nitrogens with one attached hydrogen (secondary N) is 1. The fourth-order valence-electron chi connectivity index (χ4n) is 4.63. The van der Waals surface area contributed by atoms with Crippen LogP contribution in [-0.4, -0.2) is 68.1 Å². The van der Waals surface area contributed by atoms with Crippen LogP contribution in [0.3, 0.4) is 0 Å². The highest BCUT2D eigenvalue weighted by Gasteiger charge is 2.35. The van der Waals surface area contributed by atoms with Crippen molar-refractivity contribution in [3.05, 3.63) is 89.7 Å². The maximum absolute atomic E-state index is 13.6. The smallest absolute Gasteiger partial charge is 0.262 e. The summed E-state index contributed by atoms with van der Waals surface area (Å²) in [5, 5.41) is 9.88. The van der Waals surface area contributed by atoms with Gasteiger partial charge in [0.2, 0.25) is 0 Å². The molecule has 4 rings (SSSR count). The molecule has 1 heterocycles. The van der Waals surface area contributed by atoms with Gasteiger partial charge in [-0.25, -0.2) is 12.8 Å². The molecule has 0 unspecified atom stereocenters. The summed E-state index contributed by atoms with van der Waals surface area (Å²) in [4.78, 5) is 17.2. The molecule has 0 spiro atoms. The van der Waals surface area contributed by atoms with Gasteiger partial charge in [-0.3, -0.25) is 14.4 Å². The highest BCUT2D eigenvalue weighted by atomic mass is 32.2. The Labute approximate surface area is 229 Å². The number of carbonyl (C=O) groups is 1. The molecule has 2 N–H and O–H groups in total. The first-order valence-electron chi connectivity index (χ1n) is 12.8. The summed E-state index contributed by atoms with van der Waals surface area (Å²) >= 11 is 0. The molecule has 1 aliphatic rings. The van der Waals surface area contributed by atoms with Gasteiger partial charge < -0.3 is 14.7 Å². The first-order valence-corrected chi connectivity index (χ1v) is 14.3. The third-order valence-electron chi connectivity index (χ3n) is 6.85. The van der Waals surface area contributed by atoms with Crippen molar-refractivity contribution in [3.63, 3.8) is 0 Å². The number of hydrogen-bond donors (Lipinski definition) is 2. The van der Waals surface area contributed by atoms with E-state index in [9.17, 15) is 22.7 Å². The summed E-state index contributed by atoms with van der Waals surface area (Å²) in [6.45, 7) is 5.06. The van der Waals surface area contributed by atoms with Gasteiger partial charge >= 0.3 is 0 Å². The number of carbonyl (C=O) groups excluding carboxylic acids is 1. The molecule has 0 radical (unpaired) electrons. The first kappa shape index (κ1) is 28.5. The predicted molar refractivity (Wildman–Crippen MR) is 148 cm³/mol. The van der Waals surface area contributed by atoms with Crippen molar-refractivity contribution >= 4 is 21.6 Å². The van der Waals surface area contributed by atoms with E-state index in [-0.39, 0.29) is 40.3 Å². The standard InChI is InChI=1S/C29H34FN3O5S/c1-20-16-33(21(2)19-34)29(35)25-10-7-11-26(31-39(36,37)24-14-12-23(30)13-15-24)28(25)38-27(20)18-32(3)17-22-8-5-4-6-9-22/h4-15,20-21,27,31,34H,16-19H2,1-3H3/t20-,21+,27+/m0/s1. The maximum Gasteiger partial charge on any atom is 0.262 e. The normalized spacial score (nSPS) is 18.6. The Kier molecular flexibility index (Phi) is 8.89. The van der Waals surface area contributed by atoms with Gasteiger partial charge in [0.25, 0.3) is 15.9 Å². The number of rotatable bonds is 9. The molecule has 0 saturated heterocycles. The number of fused-ring (bicyclic) bond motifs is 1. The van der Waals surface area contributed by atoms with Crippen LogP contribution in [0.2, 0.25) is 0 Å². The average molecular weight is 556 g/mol. The molecular formula is C29H34FN3O5S. The molecule has 0 bridgehead atoms. The lowest BCUT2D eigenvalue weighted by Gasteiger charge is -2.38. The number of halogens is 1. The van der Waals surface area contributed by atoms with Crippen LogP contribution in [0.4, 0.5) is 10.1 Å². The quantitative estimate of drug-likeness (QED) is 0.415. The van der Waals surface area contributed by atoms with Crippen molar-refractivity contribution in [2.75, 3.05) is 31.5 Å². The second-order valence-corrected chi connectivity index (χ2v) is 11.7. The van der Waals surface area contributed by atoms with E-state index in [2.05, 4.69) is 9.62 Å². The minimum absolute atomic E-state index is 0.103. The Morgan fingerprint density at radius 3 is 2.46 bits per heavy atom. The third kappa shape index (κ3) is 6.76. The molecule has 3 aromatic rings. The van der Waals surface area contributed by atoms with Gasteiger partial charge in [-0.15, -0.1) is 0 Å². The van der Waals surface area contributed by atoms with Crippen molar-refractivity contribution in [2.45, 2.75) is 37.4 Å². The number of hydrogen-bond acceptors (Lipinski definition) is 6. The third-order valence-corrected chi connectivity index (χ3v) is 8.23. The van der Waals surface area contributed by atoms with Crippen LogP contribution in [0.25, 0.3) is 0 Å². The molecule has 10 heteroatoms. The number of anilines is 1. The number of likely N-dealkylation sites (N-methyl/N-ethyl adjacent to an activating group) is 1. The monoisotopic (exact) mass is 555 g/mol. The highest BCUT2D eigenvalue weighted by Crippen LogP contribution is 2.36. The van der Waals surface area contributed by atoms with Crippen LogP contribution in [0.5, 0.6) is 5.75 Å². The zero-order valence-electron chi connectivity index (χ0n) is 22.2. The van der Waals surface area contributed by atoms with E-state index in [1.165, 1.54) is 18.2 Å². The minimum Gasteiger partial charge on any atom is -0.486 e. The lowest BCUT2D eigenvalue weighted by Crippen LogP contribution is -2.49. The second-order valence-electron chi connectivity index (χ2n) is 10.0. The SMILES string of the molecule is C[C@H](CO)N1C[C@H](C)[C@@H](CN(C)Cc2ccccc2)Oc2c(NS(=O)(=O)c3ccc(F)cc3)cccc2C1=O.